The number of rotatable bonds is 6. The fourth-order valence-electron chi connectivity index (χ4n) is 2.98. The molecule has 1 N–H and O–H groups in total. The van der Waals surface area contributed by atoms with Gasteiger partial charge in [0.25, 0.3) is 0 Å². The van der Waals surface area contributed by atoms with Crippen molar-refractivity contribution in [2.75, 3.05) is 52.4 Å². The van der Waals surface area contributed by atoms with Gasteiger partial charge in [-0.05, 0) is 26.3 Å². The Bertz CT molecular complexity index is 392. The molecule has 1 saturated carbocycles. The molecule has 0 aromatic rings. The number of carbonyl (C=O) groups excluding carboxylic acids is 1. The van der Waals surface area contributed by atoms with E-state index in [1.165, 1.54) is 12.8 Å². The van der Waals surface area contributed by atoms with Crippen molar-refractivity contribution in [1.82, 2.24) is 20.0 Å². The minimum absolute atomic E-state index is 0. The number of piperazine rings is 1. The van der Waals surface area contributed by atoms with E-state index in [1.54, 1.807) is 6.92 Å². The predicted molar refractivity (Wildman–Crippen MR) is 105 cm³/mol. The normalized spacial score (nSPS) is 18.9. The van der Waals surface area contributed by atoms with Gasteiger partial charge in [0.1, 0.15) is 0 Å². The van der Waals surface area contributed by atoms with Crippen LogP contribution >= 0.6 is 24.0 Å². The van der Waals surface area contributed by atoms with Gasteiger partial charge >= 0.3 is 0 Å². The fourth-order valence-corrected chi connectivity index (χ4v) is 2.98. The van der Waals surface area contributed by atoms with Gasteiger partial charge in [-0.1, -0.05) is 6.92 Å². The second-order valence-electron chi connectivity index (χ2n) is 6.09. The molecule has 0 aromatic heterocycles. The van der Waals surface area contributed by atoms with E-state index in [9.17, 15) is 4.79 Å². The van der Waals surface area contributed by atoms with E-state index < -0.39 is 0 Å². The number of hydrogen-bond acceptors (Lipinski definition) is 3. The molecule has 0 unspecified atom stereocenters. The molecule has 0 radical (unpaired) electrons. The number of nitrogens with zero attached hydrogens (tertiary/aromatic N) is 4. The quantitative estimate of drug-likeness (QED) is 0.386. The van der Waals surface area contributed by atoms with E-state index >= 15 is 0 Å². The van der Waals surface area contributed by atoms with Crippen LogP contribution in [0.4, 0.5) is 0 Å². The van der Waals surface area contributed by atoms with Crippen LogP contribution in [-0.4, -0.2) is 85.0 Å². The lowest BCUT2D eigenvalue weighted by molar-refractivity contribution is -0.130. The highest BCUT2D eigenvalue weighted by molar-refractivity contribution is 14.0. The average Bonchev–Trinajstić information content (AvgIpc) is 3.35. The van der Waals surface area contributed by atoms with Crippen molar-refractivity contribution >= 4 is 35.8 Å². The highest BCUT2D eigenvalue weighted by atomic mass is 127. The summed E-state index contributed by atoms with van der Waals surface area (Å²) in [5.41, 5.74) is 0. The zero-order valence-electron chi connectivity index (χ0n) is 14.8. The van der Waals surface area contributed by atoms with Crippen molar-refractivity contribution in [1.29, 1.82) is 0 Å². The molecule has 1 saturated heterocycles. The molecule has 7 heteroatoms. The number of halogens is 1. The number of amides is 1. The van der Waals surface area contributed by atoms with Gasteiger partial charge in [-0.2, -0.15) is 0 Å². The molecule has 0 atom stereocenters. The van der Waals surface area contributed by atoms with Gasteiger partial charge in [-0.3, -0.25) is 14.7 Å². The first-order valence-corrected chi connectivity index (χ1v) is 8.68. The molecule has 2 aliphatic rings. The first kappa shape index (κ1) is 20.5. The molecule has 6 nitrogen and oxygen atoms in total. The van der Waals surface area contributed by atoms with Crippen molar-refractivity contribution in [2.24, 2.45) is 4.99 Å². The molecule has 1 aliphatic heterocycles. The molecular formula is C16H32IN5O. The van der Waals surface area contributed by atoms with Crippen molar-refractivity contribution in [3.63, 3.8) is 0 Å². The maximum absolute atomic E-state index is 11.4. The third-order valence-corrected chi connectivity index (χ3v) is 4.48. The fraction of sp³-hybridized carbons (Fsp3) is 0.875. The highest BCUT2D eigenvalue weighted by Gasteiger charge is 2.27. The van der Waals surface area contributed by atoms with Crippen LogP contribution in [0.1, 0.15) is 33.6 Å². The summed E-state index contributed by atoms with van der Waals surface area (Å²) >= 11 is 0. The standard InChI is InChI=1S/C16H31N5O.HI/c1-4-17-16(18-8-9-19(5-2)15-6-7-15)21-12-10-20(11-13-21)14(3)22;/h15H,4-13H2,1-3H3,(H,17,18);1H. The smallest absolute Gasteiger partial charge is 0.219 e. The maximum Gasteiger partial charge on any atom is 0.219 e. The molecule has 1 aliphatic carbocycles. The van der Waals surface area contributed by atoms with Crippen LogP contribution in [0, 0.1) is 0 Å². The maximum atomic E-state index is 11.4. The van der Waals surface area contributed by atoms with Crippen LogP contribution in [-0.2, 0) is 4.79 Å². The highest BCUT2D eigenvalue weighted by Crippen LogP contribution is 2.25. The van der Waals surface area contributed by atoms with Gasteiger partial charge in [-0.15, -0.1) is 24.0 Å². The third-order valence-electron chi connectivity index (χ3n) is 4.48. The first-order valence-electron chi connectivity index (χ1n) is 8.68. The number of guanidine groups is 1. The Morgan fingerprint density at radius 1 is 1.17 bits per heavy atom. The minimum atomic E-state index is 0. The Balaban J connectivity index is 0.00000264. The van der Waals surface area contributed by atoms with Crippen LogP contribution in [0.25, 0.3) is 0 Å². The van der Waals surface area contributed by atoms with Gasteiger partial charge in [0.15, 0.2) is 5.96 Å². The summed E-state index contributed by atoms with van der Waals surface area (Å²) in [4.78, 5) is 22.9. The molecule has 134 valence electrons. The monoisotopic (exact) mass is 437 g/mol. The summed E-state index contributed by atoms with van der Waals surface area (Å²) in [6.45, 7) is 13.2. The van der Waals surface area contributed by atoms with E-state index in [0.29, 0.717) is 0 Å². The van der Waals surface area contributed by atoms with Gasteiger partial charge in [0.05, 0.1) is 6.54 Å². The zero-order chi connectivity index (χ0) is 15.9. The topological polar surface area (TPSA) is 51.2 Å². The SMILES string of the molecule is CCNC(=NCCN(CC)C1CC1)N1CCN(C(C)=O)CC1.I. The minimum Gasteiger partial charge on any atom is -0.357 e. The van der Waals surface area contributed by atoms with Gasteiger partial charge < -0.3 is 15.1 Å². The second-order valence-corrected chi connectivity index (χ2v) is 6.09. The van der Waals surface area contributed by atoms with E-state index in [1.807, 2.05) is 4.90 Å². The lowest BCUT2D eigenvalue weighted by atomic mass is 10.3. The van der Waals surface area contributed by atoms with E-state index in [0.717, 1.165) is 64.4 Å². The van der Waals surface area contributed by atoms with Crippen LogP contribution in [0.2, 0.25) is 0 Å². The Labute approximate surface area is 157 Å². The zero-order valence-corrected chi connectivity index (χ0v) is 17.1. The number of likely N-dealkylation sites (N-methyl/N-ethyl adjacent to an activating group) is 1. The summed E-state index contributed by atoms with van der Waals surface area (Å²) in [5, 5.41) is 3.39. The largest absolute Gasteiger partial charge is 0.357 e. The first-order chi connectivity index (χ1) is 10.7. The van der Waals surface area contributed by atoms with E-state index in [-0.39, 0.29) is 29.9 Å². The molecule has 2 fully saturated rings. The van der Waals surface area contributed by atoms with Crippen molar-refractivity contribution < 1.29 is 4.79 Å². The number of carbonyl (C=O) groups is 1. The van der Waals surface area contributed by atoms with Crippen molar-refractivity contribution in [2.45, 2.75) is 39.7 Å². The lowest BCUT2D eigenvalue weighted by Crippen LogP contribution is -2.53. The van der Waals surface area contributed by atoms with Crippen molar-refractivity contribution in [3.8, 4) is 0 Å². The summed E-state index contributed by atoms with van der Waals surface area (Å²) in [5.74, 6) is 1.17. The molecular weight excluding hydrogens is 405 g/mol. The average molecular weight is 437 g/mol. The number of nitrogens with one attached hydrogen (secondary N) is 1. The van der Waals surface area contributed by atoms with Gasteiger partial charge in [0, 0.05) is 52.2 Å². The van der Waals surface area contributed by atoms with Crippen LogP contribution < -0.4 is 5.32 Å². The molecule has 23 heavy (non-hydrogen) atoms. The third kappa shape index (κ3) is 6.45. The molecule has 2 rings (SSSR count). The van der Waals surface area contributed by atoms with Crippen LogP contribution in [0.3, 0.4) is 0 Å². The van der Waals surface area contributed by atoms with Crippen LogP contribution in [0.5, 0.6) is 0 Å². The molecule has 1 heterocycles. The van der Waals surface area contributed by atoms with Gasteiger partial charge in [-0.25, -0.2) is 0 Å². The Kier molecular flexibility index (Phi) is 9.19. The summed E-state index contributed by atoms with van der Waals surface area (Å²) < 4.78 is 0. The number of aliphatic imine (C=N–C) groups is 1. The van der Waals surface area contributed by atoms with Crippen LogP contribution in [0.15, 0.2) is 4.99 Å². The molecule has 0 aromatic carbocycles. The Morgan fingerprint density at radius 3 is 2.26 bits per heavy atom. The van der Waals surface area contributed by atoms with Gasteiger partial charge in [0.2, 0.25) is 5.91 Å². The Morgan fingerprint density at radius 2 is 1.78 bits per heavy atom. The molecule has 0 bridgehead atoms. The summed E-state index contributed by atoms with van der Waals surface area (Å²) in [6, 6.07) is 0.807. The number of hydrogen-bond donors (Lipinski definition) is 1. The van der Waals surface area contributed by atoms with E-state index in [4.69, 9.17) is 4.99 Å². The van der Waals surface area contributed by atoms with Crippen molar-refractivity contribution in [3.05, 3.63) is 0 Å². The summed E-state index contributed by atoms with van der Waals surface area (Å²) in [7, 11) is 0. The Hall–Kier alpha value is -0.570. The molecule has 0 spiro atoms. The molecule has 1 amide bonds. The predicted octanol–water partition coefficient (Wildman–Crippen LogP) is 1.22. The summed E-state index contributed by atoms with van der Waals surface area (Å²) in [6.07, 6.45) is 2.70. The second kappa shape index (κ2) is 10.3. The lowest BCUT2D eigenvalue weighted by Gasteiger charge is -2.36. The van der Waals surface area contributed by atoms with E-state index in [2.05, 4.69) is 29.0 Å².